The maximum absolute atomic E-state index is 13.8. The van der Waals surface area contributed by atoms with E-state index in [0.29, 0.717) is 77.3 Å². The van der Waals surface area contributed by atoms with Crippen molar-refractivity contribution in [1.82, 2.24) is 20.4 Å². The van der Waals surface area contributed by atoms with Crippen LogP contribution in [0.15, 0.2) is 72.8 Å². The number of methoxy groups -OCH3 is 1. The van der Waals surface area contributed by atoms with Gasteiger partial charge in [0, 0.05) is 77.9 Å². The second-order valence-corrected chi connectivity index (χ2v) is 16.9. The molecule has 7 rings (SSSR count). The van der Waals surface area contributed by atoms with Crippen molar-refractivity contribution in [3.63, 3.8) is 0 Å². The lowest BCUT2D eigenvalue weighted by molar-refractivity contribution is -0.384. The minimum atomic E-state index is -3.67. The molecule has 2 atom stereocenters. The molecule has 4 amide bonds. The molecule has 0 spiro atoms. The fraction of sp³-hybridized carbons (Fsp3) is 0.282. The third-order valence-electron chi connectivity index (χ3n) is 9.39. The number of benzene rings is 5. The largest absolute Gasteiger partial charge is 0.497 e. The molecule has 4 N–H and O–H groups in total. The number of nitrogens with zero attached hydrogens (tertiary/aromatic N) is 3. The van der Waals surface area contributed by atoms with Crippen LogP contribution < -0.4 is 15.4 Å². The zero-order valence-corrected chi connectivity index (χ0v) is 34.1. The Hall–Kier alpha value is -5.90. The number of non-ortho nitro benzene ring substituents is 1. The molecule has 0 saturated carbocycles. The molecule has 2 aliphatic heterocycles. The van der Waals surface area contributed by atoms with Gasteiger partial charge in [0.2, 0.25) is 0 Å². The summed E-state index contributed by atoms with van der Waals surface area (Å²) in [6.45, 7) is 5.18. The van der Waals surface area contributed by atoms with Gasteiger partial charge in [-0.2, -0.15) is 16.8 Å². The lowest BCUT2D eigenvalue weighted by atomic mass is 9.89. The predicted molar refractivity (Wildman–Crippen MR) is 219 cm³/mol. The molecule has 0 radical (unpaired) electrons. The molecular formula is C39H41N5O13S2. The molecule has 20 heteroatoms. The summed E-state index contributed by atoms with van der Waals surface area (Å²) in [7, 11) is -5.73. The van der Waals surface area contributed by atoms with Gasteiger partial charge in [0.05, 0.1) is 30.1 Å². The number of carbonyl (C=O) groups is 4. The number of nitro benzene ring substituents is 1. The maximum Gasteiger partial charge on any atom is 0.270 e. The number of imide groups is 2. The first-order valence-electron chi connectivity index (χ1n) is 17.9. The molecule has 0 aromatic heterocycles. The molecule has 0 aliphatic carbocycles. The third-order valence-corrected chi connectivity index (χ3v) is 9.39. The van der Waals surface area contributed by atoms with Crippen molar-refractivity contribution in [3.05, 3.63) is 105 Å². The number of nitrogens with one attached hydrogen (secondary N) is 2. The van der Waals surface area contributed by atoms with E-state index in [9.17, 15) is 46.1 Å². The van der Waals surface area contributed by atoms with E-state index in [1.165, 1.54) is 17.0 Å². The van der Waals surface area contributed by atoms with Crippen LogP contribution in [0.4, 0.5) is 5.69 Å². The second kappa shape index (κ2) is 17.5. The zero-order valence-electron chi connectivity index (χ0n) is 32.5. The first kappa shape index (κ1) is 44.2. The van der Waals surface area contributed by atoms with Crippen LogP contribution in [0.2, 0.25) is 0 Å². The number of ether oxygens (including phenoxy) is 1. The molecule has 0 fully saturated rings. The number of amides is 4. The summed E-state index contributed by atoms with van der Waals surface area (Å²) < 4.78 is 57.1. The Balaban J connectivity index is 0.000000593. The van der Waals surface area contributed by atoms with Crippen molar-refractivity contribution in [3.8, 4) is 5.75 Å². The van der Waals surface area contributed by atoms with E-state index in [4.69, 9.17) is 13.8 Å². The highest BCUT2D eigenvalue weighted by Crippen LogP contribution is 2.38. The van der Waals surface area contributed by atoms with E-state index in [0.717, 1.165) is 21.1 Å². The molecule has 18 nitrogen and oxygen atoms in total. The van der Waals surface area contributed by atoms with Crippen LogP contribution in [-0.4, -0.2) is 122 Å². The van der Waals surface area contributed by atoms with Gasteiger partial charge in [-0.15, -0.1) is 0 Å². The summed E-state index contributed by atoms with van der Waals surface area (Å²) in [6.07, 6.45) is 1.43. The number of nitro groups is 1. The molecule has 2 aliphatic rings. The standard InChI is InChI=1S/C37H33N5O7.2CH4O3S/c1-20(40-34(43)27-8-4-6-23-14-24(42(47)48)16-31(32(23)27)37(40)46)18-38-12-13-39-19-21(2)41-35(44)28-9-5-7-26-29-17-25(49-3)11-10-22(29)15-30(33(26)28)36(41)45;2*1-5(2,3)4/h4-11,14-17,20-21,38-39H,12-13,18-19H2,1-3H3;2*1H3,(H,2,3,4)/t20-,21-;;/m1../s1. The fourth-order valence-corrected chi connectivity index (χ4v) is 7.01. The van der Waals surface area contributed by atoms with Crippen molar-refractivity contribution >= 4 is 81.9 Å². The molecule has 5 aromatic carbocycles. The number of fused-ring (bicyclic) bond motifs is 2. The SMILES string of the molecule is COc1ccc2cc3c4c(cccc4c2c1)C(=O)N([C@H](C)CNCCNC[C@@H](C)N1C(=O)c2cccc4cc([N+](=O)[O-])cc(c24)C1=O)C3=O.CS(=O)(=O)O.CS(=O)(=O)O. The number of carbonyl (C=O) groups excluding carboxylic acids is 4. The lowest BCUT2D eigenvalue weighted by Crippen LogP contribution is -2.51. The molecule has 2 heterocycles. The molecule has 0 bridgehead atoms. The summed E-state index contributed by atoms with van der Waals surface area (Å²) in [4.78, 5) is 67.7. The molecule has 312 valence electrons. The quantitative estimate of drug-likeness (QED) is 0.0367. The Morgan fingerprint density at radius 2 is 1.14 bits per heavy atom. The Kier molecular flexibility index (Phi) is 13.1. The van der Waals surface area contributed by atoms with Crippen molar-refractivity contribution in [2.75, 3.05) is 45.8 Å². The first-order valence-corrected chi connectivity index (χ1v) is 21.6. The molecule has 59 heavy (non-hydrogen) atoms. The Morgan fingerprint density at radius 1 is 0.661 bits per heavy atom. The van der Waals surface area contributed by atoms with Gasteiger partial charge in [0.25, 0.3) is 49.6 Å². The summed E-state index contributed by atoms with van der Waals surface area (Å²) in [6, 6.07) is 19.6. The minimum Gasteiger partial charge on any atom is -0.497 e. The Labute approximate surface area is 338 Å². The maximum atomic E-state index is 13.8. The number of rotatable bonds is 11. The smallest absolute Gasteiger partial charge is 0.270 e. The summed E-state index contributed by atoms with van der Waals surface area (Å²) in [5.74, 6) is -1.01. The third kappa shape index (κ3) is 10.0. The van der Waals surface area contributed by atoms with Crippen LogP contribution >= 0.6 is 0 Å². The van der Waals surface area contributed by atoms with Gasteiger partial charge in [-0.25, -0.2) is 0 Å². The lowest BCUT2D eigenvalue weighted by Gasteiger charge is -2.33. The highest BCUT2D eigenvalue weighted by Gasteiger charge is 2.38. The zero-order chi connectivity index (χ0) is 43.6. The molecule has 5 aromatic rings. The van der Waals surface area contributed by atoms with Crippen LogP contribution in [0.25, 0.3) is 32.3 Å². The Bertz CT molecular complexity index is 2710. The number of hydrogen-bond acceptors (Lipinski definition) is 13. The average molecular weight is 852 g/mol. The summed E-state index contributed by atoms with van der Waals surface area (Å²) >= 11 is 0. The topological polar surface area (TPSA) is 260 Å². The van der Waals surface area contributed by atoms with Gasteiger partial charge in [0.1, 0.15) is 5.75 Å². The fourth-order valence-electron chi connectivity index (χ4n) is 7.01. The van der Waals surface area contributed by atoms with Crippen molar-refractivity contribution in [2.45, 2.75) is 25.9 Å². The van der Waals surface area contributed by atoms with E-state index in [2.05, 4.69) is 10.6 Å². The summed E-state index contributed by atoms with van der Waals surface area (Å²) in [5, 5.41) is 22.2. The highest BCUT2D eigenvalue weighted by atomic mass is 32.2. The van der Waals surface area contributed by atoms with Gasteiger partial charge in [-0.05, 0) is 65.7 Å². The Morgan fingerprint density at radius 3 is 1.64 bits per heavy atom. The molecule has 0 saturated heterocycles. The van der Waals surface area contributed by atoms with Crippen LogP contribution in [0.3, 0.4) is 0 Å². The van der Waals surface area contributed by atoms with E-state index in [1.54, 1.807) is 38.3 Å². The van der Waals surface area contributed by atoms with Crippen LogP contribution in [0, 0.1) is 10.1 Å². The second-order valence-electron chi connectivity index (χ2n) is 13.9. The van der Waals surface area contributed by atoms with Crippen LogP contribution in [-0.2, 0) is 20.2 Å². The highest BCUT2D eigenvalue weighted by molar-refractivity contribution is 7.85. The minimum absolute atomic E-state index is 0.135. The predicted octanol–water partition coefficient (Wildman–Crippen LogP) is 3.92. The van der Waals surface area contributed by atoms with Crippen molar-refractivity contribution in [1.29, 1.82) is 0 Å². The van der Waals surface area contributed by atoms with E-state index in [-0.39, 0.29) is 23.1 Å². The van der Waals surface area contributed by atoms with Gasteiger partial charge in [-0.1, -0.05) is 30.3 Å². The number of hydrogen-bond donors (Lipinski definition) is 4. The average Bonchev–Trinajstić information content (AvgIpc) is 3.15. The van der Waals surface area contributed by atoms with Gasteiger partial charge in [0.15, 0.2) is 0 Å². The van der Waals surface area contributed by atoms with Gasteiger partial charge < -0.3 is 15.4 Å². The molecular weight excluding hydrogens is 811 g/mol. The monoisotopic (exact) mass is 851 g/mol. The van der Waals surface area contributed by atoms with Gasteiger partial charge >= 0.3 is 0 Å². The van der Waals surface area contributed by atoms with E-state index in [1.807, 2.05) is 43.3 Å². The van der Waals surface area contributed by atoms with Crippen molar-refractivity contribution in [2.24, 2.45) is 0 Å². The molecule has 0 unspecified atom stereocenters. The van der Waals surface area contributed by atoms with E-state index < -0.39 is 49.1 Å². The first-order chi connectivity index (χ1) is 27.6. The normalized spacial score (nSPS) is 14.8. The van der Waals surface area contributed by atoms with Crippen molar-refractivity contribution < 1.29 is 54.8 Å². The van der Waals surface area contributed by atoms with Crippen LogP contribution in [0.1, 0.15) is 55.3 Å². The van der Waals surface area contributed by atoms with Gasteiger partial charge in [-0.3, -0.25) is 48.2 Å². The van der Waals surface area contributed by atoms with E-state index >= 15 is 0 Å². The summed E-state index contributed by atoms with van der Waals surface area (Å²) in [5.41, 5.74) is 1.22. The van der Waals surface area contributed by atoms with Crippen LogP contribution in [0.5, 0.6) is 5.75 Å².